The number of likely N-dealkylation sites (tertiary alicyclic amines) is 1. The van der Waals surface area contributed by atoms with Crippen LogP contribution in [0.1, 0.15) is 45.8 Å². The van der Waals surface area contributed by atoms with E-state index >= 15 is 0 Å². The Balaban J connectivity index is 1.36. The monoisotopic (exact) mass is 503 g/mol. The van der Waals surface area contributed by atoms with Gasteiger partial charge in [-0.05, 0) is 69.2 Å². The highest BCUT2D eigenvalue weighted by molar-refractivity contribution is 5.94. The second kappa shape index (κ2) is 11.6. The molecule has 192 valence electrons. The van der Waals surface area contributed by atoms with Crippen molar-refractivity contribution in [3.05, 3.63) is 76.7 Å². The van der Waals surface area contributed by atoms with Crippen LogP contribution in [-0.2, 0) is 6.61 Å². The molecular formula is C27H29N5O5. The van der Waals surface area contributed by atoms with Crippen LogP contribution in [0.5, 0.6) is 5.75 Å². The van der Waals surface area contributed by atoms with Crippen molar-refractivity contribution >= 4 is 17.6 Å². The Morgan fingerprint density at radius 1 is 1.24 bits per heavy atom. The van der Waals surface area contributed by atoms with Gasteiger partial charge >= 0.3 is 6.03 Å². The number of nitrogens with zero attached hydrogens (tertiary/aromatic N) is 3. The maximum Gasteiger partial charge on any atom is 0.321 e. The summed E-state index contributed by atoms with van der Waals surface area (Å²) in [7, 11) is 0. The predicted octanol–water partition coefficient (Wildman–Crippen LogP) is 3.53. The molecule has 1 fully saturated rings. The van der Waals surface area contributed by atoms with Crippen molar-refractivity contribution < 1.29 is 24.0 Å². The van der Waals surface area contributed by atoms with E-state index in [1.54, 1.807) is 53.4 Å². The number of aliphatic hydroxyl groups is 1. The maximum atomic E-state index is 12.9. The molecule has 1 aromatic heterocycles. The van der Waals surface area contributed by atoms with Crippen molar-refractivity contribution in [3.8, 4) is 11.8 Å². The fourth-order valence-corrected chi connectivity index (χ4v) is 4.16. The average molecular weight is 504 g/mol. The number of aliphatic hydroxyl groups excluding tert-OH is 1. The van der Waals surface area contributed by atoms with Crippen LogP contribution < -0.4 is 15.4 Å². The molecule has 2 aromatic carbocycles. The van der Waals surface area contributed by atoms with Gasteiger partial charge in [0.15, 0.2) is 0 Å². The number of rotatable bonds is 6. The lowest BCUT2D eigenvalue weighted by Gasteiger charge is -2.27. The molecule has 3 N–H and O–H groups in total. The molecule has 3 amide bonds. The summed E-state index contributed by atoms with van der Waals surface area (Å²) in [5, 5.41) is 29.2. The number of carbonyl (C=O) groups excluding carboxylic acids is 2. The molecule has 2 atom stereocenters. The van der Waals surface area contributed by atoms with Gasteiger partial charge < -0.3 is 29.9 Å². The van der Waals surface area contributed by atoms with Gasteiger partial charge in [-0.15, -0.1) is 0 Å². The highest BCUT2D eigenvalue weighted by atomic mass is 16.5. The van der Waals surface area contributed by atoms with E-state index < -0.39 is 12.1 Å². The summed E-state index contributed by atoms with van der Waals surface area (Å²) in [4.78, 5) is 27.4. The summed E-state index contributed by atoms with van der Waals surface area (Å²) in [6.45, 7) is 4.56. The molecule has 0 aliphatic carbocycles. The summed E-state index contributed by atoms with van der Waals surface area (Å²) in [6.07, 6.45) is 0.255. The van der Waals surface area contributed by atoms with E-state index in [4.69, 9.17) is 14.5 Å². The van der Waals surface area contributed by atoms with Crippen LogP contribution in [0.25, 0.3) is 0 Å². The minimum Gasteiger partial charge on any atom is -0.489 e. The van der Waals surface area contributed by atoms with Gasteiger partial charge in [-0.3, -0.25) is 4.79 Å². The lowest BCUT2D eigenvalue weighted by Crippen LogP contribution is -2.50. The Labute approximate surface area is 214 Å². The molecule has 1 saturated heterocycles. The summed E-state index contributed by atoms with van der Waals surface area (Å²) in [5.41, 5.74) is 3.01. The highest BCUT2D eigenvalue weighted by Crippen LogP contribution is 2.19. The number of benzene rings is 2. The molecule has 4 rings (SSSR count). The molecule has 37 heavy (non-hydrogen) atoms. The van der Waals surface area contributed by atoms with Crippen molar-refractivity contribution in [1.82, 2.24) is 15.4 Å². The number of urea groups is 1. The molecule has 0 bridgehead atoms. The summed E-state index contributed by atoms with van der Waals surface area (Å²) in [6, 6.07) is 14.4. The minimum absolute atomic E-state index is 0.148. The summed E-state index contributed by atoms with van der Waals surface area (Å²) >= 11 is 0. The van der Waals surface area contributed by atoms with E-state index in [1.807, 2.05) is 19.9 Å². The fraction of sp³-hybridized carbons (Fsp3) is 0.333. The number of aryl methyl sites for hydroxylation is 2. The number of amides is 3. The zero-order valence-electron chi connectivity index (χ0n) is 20.7. The van der Waals surface area contributed by atoms with Crippen LogP contribution in [0, 0.1) is 25.2 Å². The first kappa shape index (κ1) is 25.7. The smallest absolute Gasteiger partial charge is 0.321 e. The van der Waals surface area contributed by atoms with E-state index in [0.717, 1.165) is 11.3 Å². The molecule has 1 aliphatic heterocycles. The van der Waals surface area contributed by atoms with Crippen molar-refractivity contribution in [1.29, 1.82) is 5.26 Å². The molecule has 10 nitrogen and oxygen atoms in total. The largest absolute Gasteiger partial charge is 0.489 e. The second-order valence-electron chi connectivity index (χ2n) is 8.97. The zero-order chi connectivity index (χ0) is 26.4. The molecular weight excluding hydrogens is 474 g/mol. The van der Waals surface area contributed by atoms with Crippen LogP contribution in [-0.4, -0.2) is 52.3 Å². The number of carbonyl (C=O) groups is 2. The van der Waals surface area contributed by atoms with E-state index in [9.17, 15) is 14.7 Å². The van der Waals surface area contributed by atoms with Crippen molar-refractivity contribution in [2.75, 3.05) is 18.4 Å². The predicted molar refractivity (Wildman–Crippen MR) is 135 cm³/mol. The van der Waals surface area contributed by atoms with Crippen molar-refractivity contribution in [2.24, 2.45) is 0 Å². The SMILES string of the molecule is Cc1noc(C)c1COc1ccc(C(=O)N[C@H]2CN(C(=O)Nc3cccc(C#N)c3)CCC[C@H]2O)cc1. The van der Waals surface area contributed by atoms with Gasteiger partial charge in [-0.1, -0.05) is 11.2 Å². The molecule has 2 heterocycles. The Morgan fingerprint density at radius 2 is 2.03 bits per heavy atom. The van der Waals surface area contributed by atoms with Crippen LogP contribution in [0.2, 0.25) is 0 Å². The third-order valence-electron chi connectivity index (χ3n) is 6.34. The van der Waals surface area contributed by atoms with Gasteiger partial charge in [-0.2, -0.15) is 5.26 Å². The standard InChI is InChI=1S/C27H29N5O5/c1-17-23(18(2)37-31-17)16-36-22-10-8-20(9-11-22)26(34)30-24-15-32(12-4-7-25(24)33)27(35)29-21-6-3-5-19(13-21)14-28/h3,5-6,8-11,13,24-25,33H,4,7,12,15-16H2,1-2H3,(H,29,35)(H,30,34)/t24-,25+/m0/s1. The maximum absolute atomic E-state index is 12.9. The third kappa shape index (κ3) is 6.45. The van der Waals surface area contributed by atoms with Gasteiger partial charge in [0.25, 0.3) is 5.91 Å². The van der Waals surface area contributed by atoms with E-state index in [-0.39, 0.29) is 18.5 Å². The number of hydrogen-bond acceptors (Lipinski definition) is 7. The Morgan fingerprint density at radius 3 is 2.73 bits per heavy atom. The average Bonchev–Trinajstić information content (AvgIpc) is 3.10. The molecule has 0 unspecified atom stereocenters. The number of hydrogen-bond donors (Lipinski definition) is 3. The first-order valence-corrected chi connectivity index (χ1v) is 12.0. The molecule has 10 heteroatoms. The Bertz CT molecular complexity index is 1280. The van der Waals surface area contributed by atoms with Crippen LogP contribution in [0.4, 0.5) is 10.5 Å². The van der Waals surface area contributed by atoms with E-state index in [1.165, 1.54) is 0 Å². The summed E-state index contributed by atoms with van der Waals surface area (Å²) in [5.74, 6) is 0.938. The lowest BCUT2D eigenvalue weighted by atomic mass is 10.1. The molecule has 3 aromatic rings. The fourth-order valence-electron chi connectivity index (χ4n) is 4.16. The number of nitrogens with one attached hydrogen (secondary N) is 2. The van der Waals surface area contributed by atoms with E-state index in [2.05, 4.69) is 15.8 Å². The number of ether oxygens (including phenoxy) is 1. The molecule has 0 radical (unpaired) electrons. The van der Waals surface area contributed by atoms with Crippen molar-refractivity contribution in [2.45, 2.75) is 45.4 Å². The van der Waals surface area contributed by atoms with Crippen LogP contribution >= 0.6 is 0 Å². The first-order valence-electron chi connectivity index (χ1n) is 12.0. The number of anilines is 1. The Kier molecular flexibility index (Phi) is 8.05. The lowest BCUT2D eigenvalue weighted by molar-refractivity contribution is 0.0811. The van der Waals surface area contributed by atoms with Gasteiger partial charge in [0, 0.05) is 24.3 Å². The number of nitriles is 1. The third-order valence-corrected chi connectivity index (χ3v) is 6.34. The second-order valence-corrected chi connectivity index (χ2v) is 8.97. The quantitative estimate of drug-likeness (QED) is 0.467. The molecule has 1 aliphatic rings. The summed E-state index contributed by atoms with van der Waals surface area (Å²) < 4.78 is 10.9. The van der Waals surface area contributed by atoms with Crippen LogP contribution in [0.3, 0.4) is 0 Å². The molecule has 0 saturated carbocycles. The van der Waals surface area contributed by atoms with E-state index in [0.29, 0.717) is 54.3 Å². The van der Waals surface area contributed by atoms with Gasteiger partial charge in [0.1, 0.15) is 18.1 Å². The normalized spacial score (nSPS) is 17.4. The highest BCUT2D eigenvalue weighted by Gasteiger charge is 2.29. The van der Waals surface area contributed by atoms with Gasteiger partial charge in [-0.25, -0.2) is 4.79 Å². The van der Waals surface area contributed by atoms with Gasteiger partial charge in [0.05, 0.1) is 35.0 Å². The number of aromatic nitrogens is 1. The topological polar surface area (TPSA) is 141 Å². The first-order chi connectivity index (χ1) is 17.8. The van der Waals surface area contributed by atoms with Gasteiger partial charge in [0.2, 0.25) is 0 Å². The Hall–Kier alpha value is -4.36. The van der Waals surface area contributed by atoms with Crippen LogP contribution in [0.15, 0.2) is 53.1 Å². The minimum atomic E-state index is -0.790. The molecule has 0 spiro atoms. The van der Waals surface area contributed by atoms with Crippen molar-refractivity contribution in [3.63, 3.8) is 0 Å². The zero-order valence-corrected chi connectivity index (χ0v) is 20.7.